The van der Waals surface area contributed by atoms with Crippen LogP contribution in [-0.2, 0) is 10.8 Å². The maximum atomic E-state index is 10.7. The number of rotatable bonds is 2. The summed E-state index contributed by atoms with van der Waals surface area (Å²) < 4.78 is 0. The number of hydrogen-bond acceptors (Lipinski definition) is 3. The van der Waals surface area contributed by atoms with Gasteiger partial charge in [0, 0.05) is 16.0 Å². The van der Waals surface area contributed by atoms with Crippen molar-refractivity contribution in [3.8, 4) is 11.8 Å². The Kier molecular flexibility index (Phi) is 5.20. The number of phenolic OH excluding ortho intramolecular Hbond substituents is 1. The van der Waals surface area contributed by atoms with Crippen LogP contribution in [0.25, 0.3) is 6.08 Å². The van der Waals surface area contributed by atoms with Gasteiger partial charge in [0.05, 0.1) is 5.57 Å². The van der Waals surface area contributed by atoms with Gasteiger partial charge in [-0.1, -0.05) is 53.8 Å². The molecular weight excluding hydrogens is 290 g/mol. The van der Waals surface area contributed by atoms with Crippen molar-refractivity contribution in [1.82, 2.24) is 0 Å². The maximum Gasteiger partial charge on any atom is 0.123 e. The van der Waals surface area contributed by atoms with Crippen LogP contribution in [0.4, 0.5) is 0 Å². The van der Waals surface area contributed by atoms with Gasteiger partial charge in [-0.05, 0) is 41.5 Å². The van der Waals surface area contributed by atoms with Crippen molar-refractivity contribution in [3.63, 3.8) is 0 Å². The van der Waals surface area contributed by atoms with Gasteiger partial charge in [0.2, 0.25) is 0 Å². The van der Waals surface area contributed by atoms with Crippen molar-refractivity contribution in [2.75, 3.05) is 0 Å². The lowest BCUT2D eigenvalue weighted by Crippen LogP contribution is -2.17. The lowest BCUT2D eigenvalue weighted by molar-refractivity contribution is 0.423. The normalized spacial score (nSPS) is 12.9. The fourth-order valence-electron chi connectivity index (χ4n) is 2.26. The predicted molar refractivity (Wildman–Crippen MR) is 97.4 cm³/mol. The quantitative estimate of drug-likeness (QED) is 0.458. The molecule has 0 heterocycles. The molecular formula is C19H25NOS. The molecule has 0 fully saturated rings. The topological polar surface area (TPSA) is 44.0 Å². The molecule has 0 spiro atoms. The highest BCUT2D eigenvalue weighted by Gasteiger charge is 2.26. The lowest BCUT2D eigenvalue weighted by Gasteiger charge is -2.28. The van der Waals surface area contributed by atoms with Gasteiger partial charge in [-0.2, -0.15) is 5.26 Å². The van der Waals surface area contributed by atoms with Gasteiger partial charge in [-0.15, -0.1) is 0 Å². The molecule has 0 aromatic heterocycles. The Balaban J connectivity index is 3.70. The number of thiocarbonyl (C=S) groups is 1. The van der Waals surface area contributed by atoms with Crippen LogP contribution in [0.1, 0.15) is 65.2 Å². The summed E-state index contributed by atoms with van der Waals surface area (Å²) in [6, 6.07) is 6.03. The number of benzene rings is 1. The van der Waals surface area contributed by atoms with Crippen LogP contribution in [0.5, 0.6) is 5.75 Å². The van der Waals surface area contributed by atoms with Gasteiger partial charge in [0.25, 0.3) is 0 Å². The zero-order valence-corrected chi connectivity index (χ0v) is 15.4. The van der Waals surface area contributed by atoms with Gasteiger partial charge in [-0.25, -0.2) is 0 Å². The van der Waals surface area contributed by atoms with E-state index < -0.39 is 0 Å². The molecule has 3 heteroatoms. The van der Waals surface area contributed by atoms with Crippen molar-refractivity contribution in [2.24, 2.45) is 0 Å². The third kappa shape index (κ3) is 4.18. The summed E-state index contributed by atoms with van der Waals surface area (Å²) in [7, 11) is 0. The Morgan fingerprint density at radius 3 is 1.77 bits per heavy atom. The number of allylic oxidation sites excluding steroid dienone is 1. The third-order valence-electron chi connectivity index (χ3n) is 3.56. The lowest BCUT2D eigenvalue weighted by atomic mass is 9.78. The van der Waals surface area contributed by atoms with E-state index >= 15 is 0 Å². The van der Waals surface area contributed by atoms with Crippen LogP contribution in [0.3, 0.4) is 0 Å². The number of aromatic hydroxyl groups is 1. The molecule has 0 saturated heterocycles. The molecule has 0 amide bonds. The molecule has 0 aliphatic heterocycles. The van der Waals surface area contributed by atoms with E-state index in [1.54, 1.807) is 13.0 Å². The first-order chi connectivity index (χ1) is 9.87. The van der Waals surface area contributed by atoms with Gasteiger partial charge < -0.3 is 5.11 Å². The molecule has 1 rings (SSSR count). The summed E-state index contributed by atoms with van der Waals surface area (Å²) in [5.74, 6) is 0.342. The van der Waals surface area contributed by atoms with Crippen LogP contribution in [0, 0.1) is 11.3 Å². The summed E-state index contributed by atoms with van der Waals surface area (Å²) in [5, 5.41) is 19.9. The molecule has 118 valence electrons. The van der Waals surface area contributed by atoms with E-state index in [1.807, 2.05) is 12.1 Å². The van der Waals surface area contributed by atoms with Gasteiger partial charge >= 0.3 is 0 Å². The number of hydrogen-bond donors (Lipinski definition) is 1. The summed E-state index contributed by atoms with van der Waals surface area (Å²) in [6.07, 6.45) is 1.80. The predicted octanol–water partition coefficient (Wildman–Crippen LogP) is 5.28. The molecule has 0 bridgehead atoms. The molecule has 2 nitrogen and oxygen atoms in total. The van der Waals surface area contributed by atoms with Crippen molar-refractivity contribution in [3.05, 3.63) is 34.4 Å². The summed E-state index contributed by atoms with van der Waals surface area (Å²) in [4.78, 5) is 0.574. The second-order valence-corrected chi connectivity index (χ2v) is 8.30. The fourth-order valence-corrected chi connectivity index (χ4v) is 2.37. The second-order valence-electron chi connectivity index (χ2n) is 7.69. The Labute approximate surface area is 139 Å². The monoisotopic (exact) mass is 315 g/mol. The minimum absolute atomic E-state index is 0.187. The summed E-state index contributed by atoms with van der Waals surface area (Å²) >= 11 is 5.11. The fraction of sp³-hybridized carbons (Fsp3) is 0.474. The van der Waals surface area contributed by atoms with E-state index in [2.05, 4.69) is 47.6 Å². The minimum atomic E-state index is -0.187. The average Bonchev–Trinajstić information content (AvgIpc) is 2.34. The van der Waals surface area contributed by atoms with E-state index in [0.717, 1.165) is 16.7 Å². The van der Waals surface area contributed by atoms with Crippen LogP contribution in [0.15, 0.2) is 17.7 Å². The van der Waals surface area contributed by atoms with Crippen molar-refractivity contribution < 1.29 is 5.11 Å². The van der Waals surface area contributed by atoms with Crippen molar-refractivity contribution in [1.29, 1.82) is 5.26 Å². The molecule has 22 heavy (non-hydrogen) atoms. The second kappa shape index (κ2) is 6.22. The van der Waals surface area contributed by atoms with Crippen LogP contribution in [-0.4, -0.2) is 9.97 Å². The number of nitrogens with zero attached hydrogens (tertiary/aromatic N) is 1. The maximum absolute atomic E-state index is 10.7. The van der Waals surface area contributed by atoms with E-state index in [1.165, 1.54) is 0 Å². The van der Waals surface area contributed by atoms with E-state index in [4.69, 9.17) is 12.2 Å². The first-order valence-electron chi connectivity index (χ1n) is 7.38. The van der Waals surface area contributed by atoms with Crippen LogP contribution in [0.2, 0.25) is 0 Å². The van der Waals surface area contributed by atoms with E-state index in [9.17, 15) is 10.4 Å². The molecule has 0 aliphatic carbocycles. The molecule has 1 aromatic carbocycles. The Morgan fingerprint density at radius 2 is 1.50 bits per heavy atom. The number of nitriles is 1. The number of phenols is 1. The highest BCUT2D eigenvalue weighted by Crippen LogP contribution is 2.40. The average molecular weight is 315 g/mol. The smallest absolute Gasteiger partial charge is 0.123 e. The van der Waals surface area contributed by atoms with Gasteiger partial charge in [0.1, 0.15) is 11.8 Å². The molecule has 0 aliphatic rings. The van der Waals surface area contributed by atoms with Crippen molar-refractivity contribution in [2.45, 2.75) is 59.3 Å². The Hall–Kier alpha value is -1.66. The third-order valence-corrected chi connectivity index (χ3v) is 3.78. The minimum Gasteiger partial charge on any atom is -0.507 e. The van der Waals surface area contributed by atoms with Gasteiger partial charge in [-0.3, -0.25) is 0 Å². The largest absolute Gasteiger partial charge is 0.507 e. The summed E-state index contributed by atoms with van der Waals surface area (Å²) in [5.41, 5.74) is 2.77. The highest BCUT2D eigenvalue weighted by molar-refractivity contribution is 7.80. The molecule has 1 N–H and O–H groups in total. The first kappa shape index (κ1) is 18.4. The molecule has 0 unspecified atom stereocenters. The molecule has 0 saturated carbocycles. The summed E-state index contributed by atoms with van der Waals surface area (Å²) in [6.45, 7) is 14.2. The van der Waals surface area contributed by atoms with E-state index in [0.29, 0.717) is 16.2 Å². The highest BCUT2D eigenvalue weighted by atomic mass is 32.1. The van der Waals surface area contributed by atoms with Crippen LogP contribution < -0.4 is 0 Å². The van der Waals surface area contributed by atoms with E-state index in [-0.39, 0.29) is 10.8 Å². The standard InChI is InChI=1S/C19H25NOS/c1-12(22)14(11-20)8-13-9-15(18(2,3)4)17(21)16(10-13)19(5,6)7/h8-10,21H,1-7H3/b14-8+. The molecule has 1 aromatic rings. The SMILES string of the molecule is CC(=S)/C(C#N)=C/c1cc(C(C)(C)C)c(O)c(C(C)(C)C)c1. The van der Waals surface area contributed by atoms with Gasteiger partial charge in [0.15, 0.2) is 0 Å². The zero-order valence-electron chi connectivity index (χ0n) is 14.5. The zero-order chi connectivity index (χ0) is 17.3. The van der Waals surface area contributed by atoms with Crippen LogP contribution >= 0.6 is 12.2 Å². The van der Waals surface area contributed by atoms with Crippen molar-refractivity contribution >= 4 is 23.2 Å². The Morgan fingerprint density at radius 1 is 1.09 bits per heavy atom. The molecule has 0 radical (unpaired) electrons. The molecule has 0 atom stereocenters. The first-order valence-corrected chi connectivity index (χ1v) is 7.79. The Bertz CT molecular complexity index is 629.